The second-order valence-electron chi connectivity index (χ2n) is 11.7. The molecular weight excluding hydrogens is 498 g/mol. The lowest BCUT2D eigenvalue weighted by atomic mass is 9.89. The summed E-state index contributed by atoms with van der Waals surface area (Å²) >= 11 is 0. The van der Waals surface area contributed by atoms with Gasteiger partial charge in [0.25, 0.3) is 0 Å². The lowest BCUT2D eigenvalue weighted by Gasteiger charge is -2.29. The van der Waals surface area contributed by atoms with Crippen LogP contribution in [0.1, 0.15) is 51.4 Å². The maximum atomic E-state index is 12.4. The van der Waals surface area contributed by atoms with Crippen molar-refractivity contribution >= 4 is 17.1 Å². The number of hydrogen-bond acceptors (Lipinski definition) is 5. The van der Waals surface area contributed by atoms with Crippen molar-refractivity contribution in [1.82, 2.24) is 25.3 Å². The van der Waals surface area contributed by atoms with Gasteiger partial charge in [-0.1, -0.05) is 24.3 Å². The fourth-order valence-corrected chi connectivity index (χ4v) is 4.84. The van der Waals surface area contributed by atoms with Gasteiger partial charge in [0, 0.05) is 40.8 Å². The number of aromatic amines is 1. The van der Waals surface area contributed by atoms with Crippen LogP contribution in [0.3, 0.4) is 0 Å². The minimum Gasteiger partial charge on any atom is -0.444 e. The Morgan fingerprint density at radius 1 is 0.850 bits per heavy atom. The predicted molar refractivity (Wildman–Crippen MR) is 160 cm³/mol. The molecule has 4 heterocycles. The Balaban J connectivity index is 1.49. The molecule has 0 saturated heterocycles. The quantitative estimate of drug-likeness (QED) is 0.241. The molecule has 7 heteroatoms. The molecule has 0 aliphatic rings. The molecule has 0 bridgehead atoms. The van der Waals surface area contributed by atoms with Crippen LogP contribution < -0.4 is 5.32 Å². The number of nitrogens with one attached hydrogen (secondary N) is 2. The maximum Gasteiger partial charge on any atom is 0.408 e. The first-order valence-corrected chi connectivity index (χ1v) is 13.4. The molecule has 40 heavy (non-hydrogen) atoms. The van der Waals surface area contributed by atoms with E-state index in [9.17, 15) is 4.79 Å². The van der Waals surface area contributed by atoms with Gasteiger partial charge in [0.1, 0.15) is 11.2 Å². The molecule has 0 radical (unpaired) electrons. The van der Waals surface area contributed by atoms with Crippen LogP contribution in [0.25, 0.3) is 44.7 Å². The SMILES string of the molecule is Cc1cccc(-c2cc(-c3cncc(-c4ccc(C(C)(C)NC(=O)OC(C)(C)C)cc4C)c3)c3cc[nH]c3n2)n1. The van der Waals surface area contributed by atoms with E-state index in [2.05, 4.69) is 51.5 Å². The lowest BCUT2D eigenvalue weighted by molar-refractivity contribution is 0.0470. The van der Waals surface area contributed by atoms with Crippen molar-refractivity contribution in [2.75, 3.05) is 0 Å². The first kappa shape index (κ1) is 27.1. The van der Waals surface area contributed by atoms with Gasteiger partial charge in [0.2, 0.25) is 0 Å². The van der Waals surface area contributed by atoms with Gasteiger partial charge in [-0.05, 0) is 101 Å². The van der Waals surface area contributed by atoms with Crippen molar-refractivity contribution in [1.29, 1.82) is 0 Å². The summed E-state index contributed by atoms with van der Waals surface area (Å²) in [7, 11) is 0. The average Bonchev–Trinajstić information content (AvgIpc) is 3.35. The van der Waals surface area contributed by atoms with Crippen molar-refractivity contribution in [2.45, 2.75) is 59.6 Å². The van der Waals surface area contributed by atoms with Crippen LogP contribution >= 0.6 is 0 Å². The molecule has 5 rings (SSSR count). The number of aryl methyl sites for hydroxylation is 2. The zero-order valence-electron chi connectivity index (χ0n) is 24.1. The fraction of sp³-hybridized carbons (Fsp3) is 0.273. The molecule has 2 N–H and O–H groups in total. The summed E-state index contributed by atoms with van der Waals surface area (Å²) in [5.41, 5.74) is 8.41. The standard InChI is InChI=1S/C33H35N5O2/c1-20-15-24(33(6,7)38-31(39)40-32(3,4)5)11-12-25(20)22-16-23(19-34-18-22)27-17-29(28-10-8-9-21(2)36-28)37-30-26(27)13-14-35-30/h8-19H,1-7H3,(H,35,37)(H,38,39). The molecular formula is C33H35N5O2. The smallest absolute Gasteiger partial charge is 0.408 e. The number of H-pyrrole nitrogens is 1. The number of amides is 1. The van der Waals surface area contributed by atoms with E-state index in [1.54, 1.807) is 0 Å². The van der Waals surface area contributed by atoms with Gasteiger partial charge >= 0.3 is 6.09 Å². The van der Waals surface area contributed by atoms with E-state index in [0.717, 1.165) is 61.5 Å². The number of ether oxygens (including phenoxy) is 1. The Labute approximate surface area is 235 Å². The van der Waals surface area contributed by atoms with Crippen LogP contribution in [0, 0.1) is 13.8 Å². The monoisotopic (exact) mass is 533 g/mol. The second kappa shape index (κ2) is 10.2. The highest BCUT2D eigenvalue weighted by Gasteiger charge is 2.27. The van der Waals surface area contributed by atoms with Crippen LogP contribution in [0.2, 0.25) is 0 Å². The summed E-state index contributed by atoms with van der Waals surface area (Å²) in [6.07, 6.45) is 5.23. The van der Waals surface area contributed by atoms with Crippen LogP contribution in [-0.4, -0.2) is 31.6 Å². The number of carbonyl (C=O) groups is 1. The third-order valence-corrected chi connectivity index (χ3v) is 6.80. The predicted octanol–water partition coefficient (Wildman–Crippen LogP) is 7.73. The Morgan fingerprint density at radius 3 is 2.30 bits per heavy atom. The largest absolute Gasteiger partial charge is 0.444 e. The van der Waals surface area contributed by atoms with Crippen LogP contribution in [0.5, 0.6) is 0 Å². The molecule has 0 unspecified atom stereocenters. The number of fused-ring (bicyclic) bond motifs is 1. The summed E-state index contributed by atoms with van der Waals surface area (Å²) in [6, 6.07) is 18.5. The number of aromatic nitrogens is 4. The number of carbonyl (C=O) groups excluding carboxylic acids is 1. The summed E-state index contributed by atoms with van der Waals surface area (Å²) in [5.74, 6) is 0. The fourth-order valence-electron chi connectivity index (χ4n) is 4.84. The number of benzene rings is 1. The topological polar surface area (TPSA) is 92.8 Å². The number of alkyl carbamates (subject to hydrolysis) is 1. The second-order valence-corrected chi connectivity index (χ2v) is 11.7. The van der Waals surface area contributed by atoms with E-state index in [-0.39, 0.29) is 0 Å². The molecule has 7 nitrogen and oxygen atoms in total. The first-order chi connectivity index (χ1) is 18.9. The molecule has 204 valence electrons. The van der Waals surface area contributed by atoms with Gasteiger partial charge in [-0.2, -0.15) is 0 Å². The number of nitrogens with zero attached hydrogens (tertiary/aromatic N) is 3. The van der Waals surface area contributed by atoms with Crippen molar-refractivity contribution in [2.24, 2.45) is 0 Å². The summed E-state index contributed by atoms with van der Waals surface area (Å²) in [4.78, 5) is 29.8. The molecule has 4 aromatic heterocycles. The highest BCUT2D eigenvalue weighted by atomic mass is 16.6. The number of hydrogen-bond donors (Lipinski definition) is 2. The Bertz CT molecular complexity index is 1710. The van der Waals surface area contributed by atoms with Crippen molar-refractivity contribution in [3.05, 3.63) is 90.0 Å². The van der Waals surface area contributed by atoms with E-state index in [1.807, 2.05) is 90.5 Å². The maximum absolute atomic E-state index is 12.4. The van der Waals surface area contributed by atoms with Crippen molar-refractivity contribution < 1.29 is 9.53 Å². The number of rotatable bonds is 5. The highest BCUT2D eigenvalue weighted by Crippen LogP contribution is 2.34. The van der Waals surface area contributed by atoms with E-state index in [4.69, 9.17) is 9.72 Å². The van der Waals surface area contributed by atoms with Gasteiger partial charge in [-0.25, -0.2) is 9.78 Å². The van der Waals surface area contributed by atoms with E-state index in [1.165, 1.54) is 0 Å². The Kier molecular flexibility index (Phi) is 6.92. The third kappa shape index (κ3) is 5.73. The van der Waals surface area contributed by atoms with E-state index < -0.39 is 17.2 Å². The summed E-state index contributed by atoms with van der Waals surface area (Å²) in [5, 5.41) is 4.02. The first-order valence-electron chi connectivity index (χ1n) is 13.4. The van der Waals surface area contributed by atoms with Crippen LogP contribution in [-0.2, 0) is 10.3 Å². The zero-order valence-corrected chi connectivity index (χ0v) is 24.1. The molecule has 0 saturated carbocycles. The van der Waals surface area contributed by atoms with Gasteiger partial charge < -0.3 is 15.0 Å². The molecule has 0 spiro atoms. The van der Waals surface area contributed by atoms with Gasteiger partial charge in [-0.3, -0.25) is 9.97 Å². The summed E-state index contributed by atoms with van der Waals surface area (Å²) < 4.78 is 5.47. The molecule has 0 atom stereocenters. The van der Waals surface area contributed by atoms with Crippen LogP contribution in [0.4, 0.5) is 4.79 Å². The average molecular weight is 534 g/mol. The molecule has 1 amide bonds. The zero-order chi connectivity index (χ0) is 28.7. The third-order valence-electron chi connectivity index (χ3n) is 6.80. The normalized spacial score (nSPS) is 12.0. The van der Waals surface area contributed by atoms with E-state index in [0.29, 0.717) is 0 Å². The van der Waals surface area contributed by atoms with Crippen molar-refractivity contribution in [3.63, 3.8) is 0 Å². The molecule has 0 fully saturated rings. The summed E-state index contributed by atoms with van der Waals surface area (Å²) in [6.45, 7) is 13.6. The Morgan fingerprint density at radius 2 is 1.60 bits per heavy atom. The van der Waals surface area contributed by atoms with Gasteiger partial charge in [0.05, 0.1) is 16.9 Å². The Hall–Kier alpha value is -4.52. The van der Waals surface area contributed by atoms with Gasteiger partial charge in [-0.15, -0.1) is 0 Å². The lowest BCUT2D eigenvalue weighted by Crippen LogP contribution is -2.43. The molecule has 0 aliphatic carbocycles. The minimum atomic E-state index is -0.608. The highest BCUT2D eigenvalue weighted by molar-refractivity contribution is 5.95. The molecule has 1 aromatic carbocycles. The minimum absolute atomic E-state index is 0.440. The molecule has 5 aromatic rings. The van der Waals surface area contributed by atoms with Crippen LogP contribution in [0.15, 0.2) is 73.2 Å². The van der Waals surface area contributed by atoms with E-state index >= 15 is 0 Å². The van der Waals surface area contributed by atoms with Crippen molar-refractivity contribution in [3.8, 4) is 33.6 Å². The van der Waals surface area contributed by atoms with Gasteiger partial charge in [0.15, 0.2) is 0 Å². The number of pyridine rings is 3. The molecule has 0 aliphatic heterocycles.